The van der Waals surface area contributed by atoms with Crippen molar-refractivity contribution in [1.82, 2.24) is 10.2 Å². The number of fused-ring (bicyclic) bond motifs is 1. The normalized spacial score (nSPS) is 10.7. The van der Waals surface area contributed by atoms with Crippen LogP contribution in [-0.2, 0) is 0 Å². The largest absolute Gasteiger partial charge is 0.451 e. The van der Waals surface area contributed by atoms with Crippen LogP contribution >= 0.6 is 23.1 Å². The summed E-state index contributed by atoms with van der Waals surface area (Å²) in [5.41, 5.74) is 1.06. The van der Waals surface area contributed by atoms with E-state index in [2.05, 4.69) is 22.1 Å². The Morgan fingerprint density at radius 1 is 1.42 bits per heavy atom. The summed E-state index contributed by atoms with van der Waals surface area (Å²) < 4.78 is 6.28. The molecule has 3 aromatic rings. The molecule has 0 saturated carbocycles. The van der Waals surface area contributed by atoms with Gasteiger partial charge in [-0.25, -0.2) is 0 Å². The van der Waals surface area contributed by atoms with Crippen LogP contribution in [0.4, 0.5) is 5.13 Å². The number of carbonyl (C=O) groups is 1. The molecular formula is C16H13N3O3S2. The Labute approximate surface area is 145 Å². The number of hydrogen-bond acceptors (Lipinski definition) is 7. The minimum Gasteiger partial charge on any atom is -0.451 e. The molecule has 1 N–H and O–H groups in total. The van der Waals surface area contributed by atoms with Crippen molar-refractivity contribution in [3.8, 4) is 0 Å². The third kappa shape index (κ3) is 3.55. The zero-order valence-corrected chi connectivity index (χ0v) is 14.4. The van der Waals surface area contributed by atoms with Gasteiger partial charge in [0.15, 0.2) is 15.5 Å². The number of benzene rings is 1. The highest BCUT2D eigenvalue weighted by Crippen LogP contribution is 2.25. The van der Waals surface area contributed by atoms with Gasteiger partial charge in [0.25, 0.3) is 5.91 Å². The van der Waals surface area contributed by atoms with Crippen molar-refractivity contribution in [3.63, 3.8) is 0 Å². The molecule has 0 aliphatic carbocycles. The van der Waals surface area contributed by atoms with Gasteiger partial charge in [-0.05, 0) is 24.6 Å². The Morgan fingerprint density at radius 2 is 2.25 bits per heavy atom. The molecule has 122 valence electrons. The fraction of sp³-hybridized carbons (Fsp3) is 0.125. The number of rotatable bonds is 5. The van der Waals surface area contributed by atoms with Crippen molar-refractivity contribution in [1.29, 1.82) is 0 Å². The fourth-order valence-corrected chi connectivity index (χ4v) is 3.49. The zero-order chi connectivity index (χ0) is 17.1. The summed E-state index contributed by atoms with van der Waals surface area (Å²) in [7, 11) is 0. The van der Waals surface area contributed by atoms with Crippen molar-refractivity contribution in [2.45, 2.75) is 11.3 Å². The Kier molecular flexibility index (Phi) is 4.77. The summed E-state index contributed by atoms with van der Waals surface area (Å²) in [6, 6.07) is 6.42. The molecule has 0 atom stereocenters. The number of anilines is 1. The van der Waals surface area contributed by atoms with Crippen LogP contribution in [0, 0.1) is 6.92 Å². The lowest BCUT2D eigenvalue weighted by Gasteiger charge is -2.03. The first kappa shape index (κ1) is 16.4. The molecule has 8 heteroatoms. The Hall–Kier alpha value is -2.45. The maximum atomic E-state index is 12.3. The van der Waals surface area contributed by atoms with Gasteiger partial charge in [-0.1, -0.05) is 35.2 Å². The quantitative estimate of drug-likeness (QED) is 0.426. The lowest BCUT2D eigenvalue weighted by atomic mass is 10.1. The SMILES string of the molecule is C=CCSc1nnc(NC(=O)c2cc(=O)c3ccc(C)cc3o2)s1. The molecule has 24 heavy (non-hydrogen) atoms. The van der Waals surface area contributed by atoms with Crippen LogP contribution in [0.2, 0.25) is 0 Å². The number of nitrogens with one attached hydrogen (secondary N) is 1. The molecule has 0 radical (unpaired) electrons. The van der Waals surface area contributed by atoms with Crippen molar-refractivity contribution < 1.29 is 9.21 Å². The Morgan fingerprint density at radius 3 is 3.04 bits per heavy atom. The van der Waals surface area contributed by atoms with E-state index in [-0.39, 0.29) is 11.2 Å². The van der Waals surface area contributed by atoms with Crippen LogP contribution in [0.1, 0.15) is 16.1 Å². The third-order valence-electron chi connectivity index (χ3n) is 3.06. The van der Waals surface area contributed by atoms with Crippen molar-refractivity contribution in [2.75, 3.05) is 11.1 Å². The van der Waals surface area contributed by atoms with Crippen molar-refractivity contribution in [3.05, 3.63) is 58.5 Å². The lowest BCUT2D eigenvalue weighted by molar-refractivity contribution is 0.0997. The number of aryl methyl sites for hydroxylation is 1. The Bertz CT molecular complexity index is 978. The van der Waals surface area contributed by atoms with Crippen LogP contribution < -0.4 is 10.7 Å². The molecular weight excluding hydrogens is 346 g/mol. The molecule has 0 spiro atoms. The molecule has 0 aliphatic rings. The number of aromatic nitrogens is 2. The summed E-state index contributed by atoms with van der Waals surface area (Å²) in [6.07, 6.45) is 1.76. The van der Waals surface area contributed by atoms with Crippen molar-refractivity contribution in [2.24, 2.45) is 0 Å². The van der Waals surface area contributed by atoms with E-state index in [4.69, 9.17) is 4.42 Å². The lowest BCUT2D eigenvalue weighted by Crippen LogP contribution is -2.14. The molecule has 1 aromatic carbocycles. The van der Waals surface area contributed by atoms with E-state index in [0.29, 0.717) is 21.9 Å². The first-order valence-electron chi connectivity index (χ1n) is 7.00. The number of amides is 1. The van der Waals surface area contributed by atoms with Gasteiger partial charge in [0, 0.05) is 11.8 Å². The standard InChI is InChI=1S/C16H13N3O3S2/c1-3-6-23-16-19-18-15(24-16)17-14(21)13-8-11(20)10-5-4-9(2)7-12(10)22-13/h3-5,7-8H,1,6H2,2H3,(H,17,18,21). The highest BCUT2D eigenvalue weighted by atomic mass is 32.2. The predicted molar refractivity (Wildman–Crippen MR) is 96.0 cm³/mol. The van der Waals surface area contributed by atoms with Gasteiger partial charge in [-0.3, -0.25) is 14.9 Å². The molecule has 2 heterocycles. The van der Waals surface area contributed by atoms with Gasteiger partial charge < -0.3 is 4.42 Å². The zero-order valence-electron chi connectivity index (χ0n) is 12.7. The van der Waals surface area contributed by atoms with Crippen LogP contribution in [0.15, 0.2) is 50.5 Å². The van der Waals surface area contributed by atoms with E-state index in [0.717, 1.165) is 9.90 Å². The summed E-state index contributed by atoms with van der Waals surface area (Å²) in [5, 5.41) is 11.2. The van der Waals surface area contributed by atoms with E-state index in [1.165, 1.54) is 29.2 Å². The van der Waals surface area contributed by atoms with E-state index in [1.54, 1.807) is 18.2 Å². The highest BCUT2D eigenvalue weighted by Gasteiger charge is 2.15. The number of thioether (sulfide) groups is 1. The van der Waals surface area contributed by atoms with E-state index < -0.39 is 5.91 Å². The maximum Gasteiger partial charge on any atom is 0.293 e. The van der Waals surface area contributed by atoms with Crippen molar-refractivity contribution >= 4 is 45.1 Å². The predicted octanol–water partition coefficient (Wildman–Crippen LogP) is 3.48. The van der Waals surface area contributed by atoms with Crippen LogP contribution in [0.3, 0.4) is 0 Å². The second kappa shape index (κ2) is 6.98. The molecule has 1 amide bonds. The maximum absolute atomic E-state index is 12.3. The van der Waals surface area contributed by atoms with Crippen LogP contribution in [0.5, 0.6) is 0 Å². The van der Waals surface area contributed by atoms with Gasteiger partial charge >= 0.3 is 0 Å². The molecule has 0 aliphatic heterocycles. The molecule has 0 saturated heterocycles. The summed E-state index contributed by atoms with van der Waals surface area (Å²) >= 11 is 2.72. The van der Waals surface area contributed by atoms with Crippen LogP contribution in [0.25, 0.3) is 11.0 Å². The fourth-order valence-electron chi connectivity index (χ4n) is 1.98. The molecule has 0 fully saturated rings. The van der Waals surface area contributed by atoms with Gasteiger partial charge in [0.2, 0.25) is 5.13 Å². The molecule has 0 unspecified atom stereocenters. The van der Waals surface area contributed by atoms with E-state index >= 15 is 0 Å². The van der Waals surface area contributed by atoms with Gasteiger partial charge in [-0.15, -0.1) is 16.8 Å². The summed E-state index contributed by atoms with van der Waals surface area (Å²) in [5.74, 6) is 0.113. The minimum absolute atomic E-state index is 0.0615. The first-order valence-corrected chi connectivity index (χ1v) is 8.80. The number of carbonyl (C=O) groups excluding carboxylic acids is 1. The third-order valence-corrected chi connectivity index (χ3v) is 5.03. The molecule has 0 bridgehead atoms. The smallest absolute Gasteiger partial charge is 0.293 e. The highest BCUT2D eigenvalue weighted by molar-refractivity contribution is 8.01. The molecule has 2 aromatic heterocycles. The average Bonchev–Trinajstić information content (AvgIpc) is 2.99. The first-order chi connectivity index (χ1) is 11.6. The second-order valence-electron chi connectivity index (χ2n) is 4.90. The molecule has 3 rings (SSSR count). The molecule has 6 nitrogen and oxygen atoms in total. The van der Waals surface area contributed by atoms with E-state index in [9.17, 15) is 9.59 Å². The second-order valence-corrected chi connectivity index (χ2v) is 7.15. The summed E-state index contributed by atoms with van der Waals surface area (Å²) in [6.45, 7) is 5.52. The van der Waals surface area contributed by atoms with Gasteiger partial charge in [0.05, 0.1) is 5.39 Å². The number of nitrogens with zero attached hydrogens (tertiary/aromatic N) is 2. The average molecular weight is 359 g/mol. The van der Waals surface area contributed by atoms with Gasteiger partial charge in [0.1, 0.15) is 5.58 Å². The Balaban J connectivity index is 1.84. The summed E-state index contributed by atoms with van der Waals surface area (Å²) in [4.78, 5) is 24.4. The number of hydrogen-bond donors (Lipinski definition) is 1. The minimum atomic E-state index is -0.535. The van der Waals surface area contributed by atoms with E-state index in [1.807, 2.05) is 13.0 Å². The van der Waals surface area contributed by atoms with Gasteiger partial charge in [-0.2, -0.15) is 0 Å². The topological polar surface area (TPSA) is 85.1 Å². The monoisotopic (exact) mass is 359 g/mol. The van der Waals surface area contributed by atoms with Crippen LogP contribution in [-0.4, -0.2) is 21.9 Å².